The highest BCUT2D eigenvalue weighted by molar-refractivity contribution is 8.15. The maximum Gasteiger partial charge on any atom is 0.283 e. The van der Waals surface area contributed by atoms with E-state index in [1.165, 1.54) is 22.2 Å². The molecule has 2 amide bonds. The first-order valence-corrected chi connectivity index (χ1v) is 10.4. The second kappa shape index (κ2) is 8.66. The lowest BCUT2D eigenvalue weighted by Gasteiger charge is -2.19. The summed E-state index contributed by atoms with van der Waals surface area (Å²) < 4.78 is 0. The van der Waals surface area contributed by atoms with Gasteiger partial charge in [-0.1, -0.05) is 67.6 Å². The summed E-state index contributed by atoms with van der Waals surface area (Å²) in [5.41, 5.74) is 9.70. The van der Waals surface area contributed by atoms with E-state index >= 15 is 0 Å². The Morgan fingerprint density at radius 1 is 1.07 bits per heavy atom. The monoisotopic (exact) mass is 407 g/mol. The van der Waals surface area contributed by atoms with Crippen molar-refractivity contribution in [1.82, 2.24) is 0 Å². The van der Waals surface area contributed by atoms with E-state index in [-0.39, 0.29) is 5.91 Å². The smallest absolute Gasteiger partial charge is 0.283 e. The van der Waals surface area contributed by atoms with E-state index in [0.29, 0.717) is 22.5 Å². The Labute approximate surface area is 175 Å². The van der Waals surface area contributed by atoms with Crippen molar-refractivity contribution in [1.29, 1.82) is 0 Å². The number of benzene rings is 2. The summed E-state index contributed by atoms with van der Waals surface area (Å²) in [6.07, 6.45) is 1.77. The molecule has 5 nitrogen and oxygen atoms in total. The maximum atomic E-state index is 13.1. The summed E-state index contributed by atoms with van der Waals surface area (Å²) in [6, 6.07) is 15.7. The number of aryl methyl sites for hydroxylation is 1. The number of aliphatic imine (C=N–C) groups is 1. The molecule has 0 saturated heterocycles. The van der Waals surface area contributed by atoms with Crippen molar-refractivity contribution in [3.05, 3.63) is 70.9 Å². The van der Waals surface area contributed by atoms with Crippen LogP contribution in [0.15, 0.2) is 59.2 Å². The van der Waals surface area contributed by atoms with Gasteiger partial charge in [0.2, 0.25) is 5.91 Å². The minimum Gasteiger partial charge on any atom is -0.369 e. The van der Waals surface area contributed by atoms with Gasteiger partial charge in [-0.15, -0.1) is 0 Å². The average Bonchev–Trinajstić information content (AvgIpc) is 2.98. The van der Waals surface area contributed by atoms with Crippen LogP contribution in [0.25, 0.3) is 6.08 Å². The summed E-state index contributed by atoms with van der Waals surface area (Å²) in [4.78, 5) is 30.8. The third kappa shape index (κ3) is 4.77. The van der Waals surface area contributed by atoms with Crippen molar-refractivity contribution in [3.63, 3.8) is 0 Å². The summed E-state index contributed by atoms with van der Waals surface area (Å²) in [7, 11) is 0. The van der Waals surface area contributed by atoms with Crippen LogP contribution in [0.2, 0.25) is 0 Å². The molecule has 29 heavy (non-hydrogen) atoms. The fourth-order valence-corrected chi connectivity index (χ4v) is 3.73. The van der Waals surface area contributed by atoms with Crippen molar-refractivity contribution in [2.24, 2.45) is 10.7 Å². The van der Waals surface area contributed by atoms with Gasteiger partial charge < -0.3 is 5.73 Å². The zero-order valence-corrected chi connectivity index (χ0v) is 17.9. The Bertz CT molecular complexity index is 976. The van der Waals surface area contributed by atoms with Gasteiger partial charge in [-0.25, -0.2) is 4.99 Å². The fourth-order valence-electron chi connectivity index (χ4n) is 2.85. The van der Waals surface area contributed by atoms with Crippen LogP contribution in [0, 0.1) is 6.92 Å². The number of hydrogen-bond donors (Lipinski definition) is 1. The largest absolute Gasteiger partial charge is 0.369 e. The Morgan fingerprint density at radius 2 is 1.69 bits per heavy atom. The number of thioether (sulfide) groups is 1. The van der Waals surface area contributed by atoms with E-state index in [2.05, 4.69) is 31.0 Å². The van der Waals surface area contributed by atoms with E-state index in [1.807, 2.05) is 43.3 Å². The second-order valence-electron chi connectivity index (χ2n) is 7.38. The molecular weight excluding hydrogens is 382 g/mol. The molecule has 0 unspecified atom stereocenters. The zero-order valence-electron chi connectivity index (χ0n) is 17.0. The van der Waals surface area contributed by atoms with Crippen LogP contribution >= 0.6 is 11.8 Å². The van der Waals surface area contributed by atoms with Crippen molar-refractivity contribution in [2.75, 3.05) is 4.90 Å². The normalized spacial score (nSPS) is 16.4. The molecule has 1 heterocycles. The molecule has 0 spiro atoms. The molecule has 2 aromatic rings. The molecule has 3 rings (SSSR count). The first kappa shape index (κ1) is 20.9. The predicted octanol–water partition coefficient (Wildman–Crippen LogP) is 4.47. The van der Waals surface area contributed by atoms with E-state index < -0.39 is 11.2 Å². The Kier molecular flexibility index (Phi) is 6.23. The van der Waals surface area contributed by atoms with Crippen molar-refractivity contribution < 1.29 is 9.59 Å². The van der Waals surface area contributed by atoms with E-state index in [4.69, 9.17) is 5.73 Å². The van der Waals surface area contributed by atoms with Crippen LogP contribution < -0.4 is 10.6 Å². The van der Waals surface area contributed by atoms with E-state index in [1.54, 1.807) is 13.0 Å². The third-order valence-corrected chi connectivity index (χ3v) is 5.78. The number of primary amides is 1. The van der Waals surface area contributed by atoms with E-state index in [0.717, 1.165) is 11.1 Å². The lowest BCUT2D eigenvalue weighted by Crippen LogP contribution is -2.33. The molecule has 0 saturated carbocycles. The summed E-state index contributed by atoms with van der Waals surface area (Å²) >= 11 is 1.19. The predicted molar refractivity (Wildman–Crippen MR) is 121 cm³/mol. The molecule has 0 bridgehead atoms. The first-order valence-electron chi connectivity index (χ1n) is 9.53. The number of amidine groups is 1. The fraction of sp³-hybridized carbons (Fsp3) is 0.261. The highest BCUT2D eigenvalue weighted by Crippen LogP contribution is 2.31. The molecule has 6 heteroatoms. The Balaban J connectivity index is 1.97. The van der Waals surface area contributed by atoms with Gasteiger partial charge >= 0.3 is 0 Å². The first-order chi connectivity index (χ1) is 13.8. The summed E-state index contributed by atoms with van der Waals surface area (Å²) in [5.74, 6) is -0.227. The average molecular weight is 408 g/mol. The van der Waals surface area contributed by atoms with Crippen molar-refractivity contribution in [3.8, 4) is 0 Å². The van der Waals surface area contributed by atoms with Crippen LogP contribution in [0.5, 0.6) is 0 Å². The van der Waals surface area contributed by atoms with Gasteiger partial charge in [0, 0.05) is 0 Å². The number of nitrogens with two attached hydrogens (primary N) is 1. The standard InChI is InChI=1S/C23H25N3O2S/c1-14(2)18-9-7-17(8-10-18)13-20-22(28)26(19-11-5-15(3)6-12-19)23(25-20)29-16(4)21(24)27/h5-14,16H,1-4H3,(H2,24,27)/b20-13-/t16-/m1/s1. The van der Waals surface area contributed by atoms with Gasteiger partial charge in [0.05, 0.1) is 10.9 Å². The van der Waals surface area contributed by atoms with Crippen LogP contribution in [0.4, 0.5) is 5.69 Å². The van der Waals surface area contributed by atoms with Gasteiger partial charge in [0.1, 0.15) is 5.70 Å². The van der Waals surface area contributed by atoms with Gasteiger partial charge in [-0.3, -0.25) is 14.5 Å². The topological polar surface area (TPSA) is 75.8 Å². The molecule has 0 fully saturated rings. The van der Waals surface area contributed by atoms with Gasteiger partial charge in [-0.2, -0.15) is 0 Å². The zero-order chi connectivity index (χ0) is 21.1. The van der Waals surface area contributed by atoms with Crippen LogP contribution in [0.1, 0.15) is 43.4 Å². The lowest BCUT2D eigenvalue weighted by atomic mass is 10.0. The molecule has 1 aliphatic rings. The Hall–Kier alpha value is -2.86. The molecule has 0 aliphatic carbocycles. The molecular formula is C23H25N3O2S. The number of carbonyl (C=O) groups is 2. The SMILES string of the molecule is Cc1ccc(N2C(=O)/C(=C/c3ccc(C(C)C)cc3)N=C2S[C@H](C)C(N)=O)cc1. The van der Waals surface area contributed by atoms with Gasteiger partial charge in [0.25, 0.3) is 5.91 Å². The maximum absolute atomic E-state index is 13.1. The molecule has 1 atom stereocenters. The molecule has 1 aliphatic heterocycles. The van der Waals surface area contributed by atoms with Crippen molar-refractivity contribution in [2.45, 2.75) is 38.9 Å². The van der Waals surface area contributed by atoms with Gasteiger partial charge in [-0.05, 0) is 49.1 Å². The minimum atomic E-state index is -0.501. The van der Waals surface area contributed by atoms with Crippen LogP contribution in [-0.4, -0.2) is 22.2 Å². The quantitative estimate of drug-likeness (QED) is 0.743. The second-order valence-corrected chi connectivity index (χ2v) is 8.69. The van der Waals surface area contributed by atoms with Crippen LogP contribution in [-0.2, 0) is 9.59 Å². The van der Waals surface area contributed by atoms with Crippen LogP contribution in [0.3, 0.4) is 0 Å². The number of rotatable bonds is 5. The third-order valence-electron chi connectivity index (χ3n) is 4.71. The van der Waals surface area contributed by atoms with E-state index in [9.17, 15) is 9.59 Å². The molecule has 2 aromatic carbocycles. The highest BCUT2D eigenvalue weighted by Gasteiger charge is 2.33. The Morgan fingerprint density at radius 3 is 2.24 bits per heavy atom. The number of carbonyl (C=O) groups excluding carboxylic acids is 2. The minimum absolute atomic E-state index is 0.221. The summed E-state index contributed by atoms with van der Waals surface area (Å²) in [5, 5.41) is -0.0469. The molecule has 2 N–H and O–H groups in total. The molecule has 0 aromatic heterocycles. The summed E-state index contributed by atoms with van der Waals surface area (Å²) in [6.45, 7) is 7.97. The van der Waals surface area contributed by atoms with Gasteiger partial charge in [0.15, 0.2) is 5.17 Å². The lowest BCUT2D eigenvalue weighted by molar-refractivity contribution is -0.117. The highest BCUT2D eigenvalue weighted by atomic mass is 32.2. The number of nitrogens with zero attached hydrogens (tertiary/aromatic N) is 2. The molecule has 0 radical (unpaired) electrons. The number of hydrogen-bond acceptors (Lipinski definition) is 4. The molecule has 150 valence electrons. The number of anilines is 1. The number of amides is 2. The van der Waals surface area contributed by atoms with Crippen molar-refractivity contribution >= 4 is 40.5 Å².